The molecule has 0 amide bonds. The van der Waals surface area contributed by atoms with Crippen molar-refractivity contribution < 1.29 is 4.39 Å². The molecule has 1 aliphatic heterocycles. The zero-order valence-corrected chi connectivity index (χ0v) is 8.95. The van der Waals surface area contributed by atoms with Crippen LogP contribution in [-0.2, 0) is 0 Å². The van der Waals surface area contributed by atoms with Crippen molar-refractivity contribution in [3.8, 4) is 0 Å². The zero-order valence-electron chi connectivity index (χ0n) is 8.95. The van der Waals surface area contributed by atoms with Gasteiger partial charge in [-0.2, -0.15) is 0 Å². The predicted molar refractivity (Wildman–Crippen MR) is 60.4 cm³/mol. The van der Waals surface area contributed by atoms with Crippen molar-refractivity contribution in [1.82, 2.24) is 15.1 Å². The molecule has 0 fully saturated rings. The second-order valence-electron chi connectivity index (χ2n) is 3.71. The van der Waals surface area contributed by atoms with E-state index in [0.29, 0.717) is 22.5 Å². The van der Waals surface area contributed by atoms with Crippen LogP contribution in [-0.4, -0.2) is 22.1 Å². The van der Waals surface area contributed by atoms with Crippen LogP contribution in [0.1, 0.15) is 0 Å². The molecule has 0 saturated heterocycles. The first kappa shape index (κ1) is 9.91. The van der Waals surface area contributed by atoms with Gasteiger partial charge in [0.05, 0.1) is 11.0 Å². The Labute approximate surface area is 95.6 Å². The molecule has 0 radical (unpaired) electrons. The van der Waals surface area contributed by atoms with Gasteiger partial charge >= 0.3 is 0 Å². The van der Waals surface area contributed by atoms with Gasteiger partial charge < -0.3 is 0 Å². The molecule has 0 spiro atoms. The van der Waals surface area contributed by atoms with Crippen molar-refractivity contribution in [3.63, 3.8) is 0 Å². The molecule has 0 saturated carbocycles. The number of anilines is 2. The van der Waals surface area contributed by atoms with E-state index in [2.05, 4.69) is 20.8 Å². The number of nitrogens with one attached hydrogen (secondary N) is 3. The molecule has 1 aromatic heterocycles. The van der Waals surface area contributed by atoms with E-state index in [4.69, 9.17) is 5.41 Å². The number of fused-ring (bicyclic) bond motifs is 2. The summed E-state index contributed by atoms with van der Waals surface area (Å²) in [5.41, 5.74) is 7.20. The molecule has 0 bridgehead atoms. The van der Waals surface area contributed by atoms with E-state index in [0.717, 1.165) is 0 Å². The molecule has 2 aromatic rings. The lowest BCUT2D eigenvalue weighted by Crippen LogP contribution is -2.25. The number of hydrogen-bond acceptors (Lipinski definition) is 6. The summed E-state index contributed by atoms with van der Waals surface area (Å²) in [5.74, 6) is 0.113. The fourth-order valence-electron chi connectivity index (χ4n) is 1.69. The molecule has 1 aromatic carbocycles. The molecule has 17 heavy (non-hydrogen) atoms. The Morgan fingerprint density at radius 1 is 1.24 bits per heavy atom. The zero-order chi connectivity index (χ0) is 12.0. The largest absolute Gasteiger partial charge is 0.295 e. The smallest absolute Gasteiger partial charge is 0.174 e. The minimum absolute atomic E-state index is 0.0185. The molecular weight excluding hydrogens is 223 g/mol. The van der Waals surface area contributed by atoms with Crippen molar-refractivity contribution in [1.29, 1.82) is 5.41 Å². The first-order valence-electron chi connectivity index (χ1n) is 4.97. The first-order chi connectivity index (χ1) is 8.13. The summed E-state index contributed by atoms with van der Waals surface area (Å²) < 4.78 is 13.1. The molecule has 6 nitrogen and oxygen atoms in total. The highest BCUT2D eigenvalue weighted by atomic mass is 19.1. The second-order valence-corrected chi connectivity index (χ2v) is 3.71. The minimum Gasteiger partial charge on any atom is -0.295 e. The monoisotopic (exact) mass is 232 g/mol. The number of hydrogen-bond donors (Lipinski definition) is 3. The maximum Gasteiger partial charge on any atom is 0.174 e. The molecule has 0 aliphatic carbocycles. The molecule has 7 heteroatoms. The highest BCUT2D eigenvalue weighted by Gasteiger charge is 2.17. The van der Waals surface area contributed by atoms with Gasteiger partial charge in [-0.05, 0) is 12.1 Å². The Kier molecular flexibility index (Phi) is 1.96. The number of nitrogens with zero attached hydrogens (tertiary/aromatic N) is 3. The highest BCUT2D eigenvalue weighted by molar-refractivity contribution is 5.78. The van der Waals surface area contributed by atoms with E-state index in [9.17, 15) is 4.39 Å². The van der Waals surface area contributed by atoms with Crippen LogP contribution in [0.4, 0.5) is 15.9 Å². The van der Waals surface area contributed by atoms with Crippen molar-refractivity contribution >= 4 is 22.5 Å². The number of aromatic nitrogens is 2. The van der Waals surface area contributed by atoms with E-state index >= 15 is 0 Å². The fourth-order valence-corrected chi connectivity index (χ4v) is 1.69. The van der Waals surface area contributed by atoms with Crippen molar-refractivity contribution in [2.75, 3.05) is 17.9 Å². The van der Waals surface area contributed by atoms with E-state index in [1.165, 1.54) is 18.2 Å². The lowest BCUT2D eigenvalue weighted by atomic mass is 10.3. The van der Waals surface area contributed by atoms with Crippen LogP contribution < -0.4 is 16.3 Å². The van der Waals surface area contributed by atoms with Gasteiger partial charge in [0, 0.05) is 13.1 Å². The normalized spacial score (nSPS) is 14.2. The summed E-state index contributed by atoms with van der Waals surface area (Å²) in [6, 6.07) is 4.12. The summed E-state index contributed by atoms with van der Waals surface area (Å²) in [6.07, 6.45) is 0. The minimum atomic E-state index is -0.393. The number of benzene rings is 1. The van der Waals surface area contributed by atoms with Crippen LogP contribution in [0.25, 0.3) is 11.0 Å². The summed E-state index contributed by atoms with van der Waals surface area (Å²) in [5, 5.41) is 9.39. The lowest BCUT2D eigenvalue weighted by molar-refractivity contribution is 0.504. The van der Waals surface area contributed by atoms with Crippen LogP contribution in [0.2, 0.25) is 0 Å². The third kappa shape index (κ3) is 1.56. The average molecular weight is 232 g/mol. The Bertz CT molecular complexity index is 671. The topological polar surface area (TPSA) is 76.9 Å². The Hall–Kier alpha value is -2.28. The molecule has 1 aliphatic rings. The summed E-state index contributed by atoms with van der Waals surface area (Å²) in [7, 11) is 1.75. The van der Waals surface area contributed by atoms with Crippen LogP contribution in [0.3, 0.4) is 0 Å². The van der Waals surface area contributed by atoms with Gasteiger partial charge in [-0.25, -0.2) is 14.4 Å². The molecule has 0 unspecified atom stereocenters. The van der Waals surface area contributed by atoms with Crippen LogP contribution in [0.15, 0.2) is 18.2 Å². The van der Waals surface area contributed by atoms with E-state index in [-0.39, 0.29) is 5.49 Å². The fraction of sp³-hybridized carbons (Fsp3) is 0.100. The van der Waals surface area contributed by atoms with Crippen molar-refractivity contribution in [3.05, 3.63) is 29.5 Å². The summed E-state index contributed by atoms with van der Waals surface area (Å²) in [6.45, 7) is 0. The predicted octanol–water partition coefficient (Wildman–Crippen LogP) is 0.848. The Morgan fingerprint density at radius 2 is 2.06 bits per heavy atom. The third-order valence-corrected chi connectivity index (χ3v) is 2.43. The number of hydrazine groups is 2. The van der Waals surface area contributed by atoms with E-state index < -0.39 is 5.82 Å². The van der Waals surface area contributed by atoms with E-state index in [1.807, 2.05) is 0 Å². The molecular formula is C10H9FN6. The SMILES string of the molecule is CN1Nc2nc3ccc(F)cc3nc(=N)c2N1. The van der Waals surface area contributed by atoms with E-state index in [1.54, 1.807) is 12.2 Å². The standard InChI is InChI=1S/C10H9FN6/c1-17-15-8-9(12)13-7-4-5(11)2-3-6(7)14-10(8)16-17/h2-4,12,15-16H,1H3. The number of rotatable bonds is 0. The van der Waals surface area contributed by atoms with Crippen molar-refractivity contribution in [2.45, 2.75) is 0 Å². The summed E-state index contributed by atoms with van der Waals surface area (Å²) >= 11 is 0. The average Bonchev–Trinajstić information content (AvgIpc) is 2.58. The van der Waals surface area contributed by atoms with Crippen LogP contribution in [0, 0.1) is 11.2 Å². The molecule has 2 heterocycles. The second kappa shape index (κ2) is 3.36. The van der Waals surface area contributed by atoms with Crippen LogP contribution in [0.5, 0.6) is 0 Å². The maximum atomic E-state index is 13.1. The van der Waals surface area contributed by atoms with Gasteiger partial charge in [0.15, 0.2) is 11.3 Å². The number of halogens is 1. The van der Waals surface area contributed by atoms with Crippen molar-refractivity contribution in [2.24, 2.45) is 0 Å². The van der Waals surface area contributed by atoms with Gasteiger partial charge in [0.1, 0.15) is 11.5 Å². The van der Waals surface area contributed by atoms with Gasteiger partial charge in [-0.1, -0.05) is 0 Å². The molecule has 0 atom stereocenters. The van der Waals surface area contributed by atoms with Gasteiger partial charge in [-0.3, -0.25) is 16.3 Å². The quantitative estimate of drug-likeness (QED) is 0.627. The first-order valence-corrected chi connectivity index (χ1v) is 4.97. The summed E-state index contributed by atoms with van der Waals surface area (Å²) in [4.78, 5) is 8.35. The van der Waals surface area contributed by atoms with Crippen LogP contribution >= 0.6 is 0 Å². The molecule has 86 valence electrons. The Balaban J connectivity index is 2.39. The lowest BCUT2D eigenvalue weighted by Gasteiger charge is -2.07. The Morgan fingerprint density at radius 3 is 2.88 bits per heavy atom. The van der Waals surface area contributed by atoms with Gasteiger partial charge in [0.25, 0.3) is 0 Å². The maximum absolute atomic E-state index is 13.1. The van der Waals surface area contributed by atoms with Gasteiger partial charge in [0.2, 0.25) is 0 Å². The highest BCUT2D eigenvalue weighted by Crippen LogP contribution is 2.21. The van der Waals surface area contributed by atoms with Gasteiger partial charge in [-0.15, -0.1) is 5.12 Å². The third-order valence-electron chi connectivity index (χ3n) is 2.43. The molecule has 3 N–H and O–H groups in total. The molecule has 3 rings (SSSR count).